The van der Waals surface area contributed by atoms with Crippen LogP contribution in [0.2, 0.25) is 0 Å². The van der Waals surface area contributed by atoms with Crippen LogP contribution in [0.3, 0.4) is 0 Å². The normalized spacial score (nSPS) is 15.1. The largest absolute Gasteiger partial charge is 0.444 e. The summed E-state index contributed by atoms with van der Waals surface area (Å²) in [6.07, 6.45) is -1.20. The summed E-state index contributed by atoms with van der Waals surface area (Å²) < 4.78 is 61.0. The number of hydrogen-bond donors (Lipinski definition) is 8. The van der Waals surface area contributed by atoms with Crippen molar-refractivity contribution in [3.05, 3.63) is 108 Å². The smallest absolute Gasteiger partial charge is 0.407 e. The lowest BCUT2D eigenvalue weighted by Gasteiger charge is -2.30. The molecule has 0 bridgehead atoms. The summed E-state index contributed by atoms with van der Waals surface area (Å²) in [6, 6.07) is 26.6. The van der Waals surface area contributed by atoms with Gasteiger partial charge in [-0.1, -0.05) is 70.0 Å². The zero-order valence-corrected chi connectivity index (χ0v) is 40.3. The number of nitrogens with zero attached hydrogens (tertiary/aromatic N) is 1. The Morgan fingerprint density at radius 3 is 1.71 bits per heavy atom. The van der Waals surface area contributed by atoms with E-state index in [1.54, 1.807) is 27.7 Å². The second kappa shape index (κ2) is 24.8. The van der Waals surface area contributed by atoms with Crippen LogP contribution >= 0.6 is 0 Å². The van der Waals surface area contributed by atoms with Crippen molar-refractivity contribution in [3.8, 4) is 0 Å². The van der Waals surface area contributed by atoms with Crippen molar-refractivity contribution in [3.63, 3.8) is 0 Å². The Labute approximate surface area is 388 Å². The molecule has 66 heavy (non-hydrogen) atoms. The van der Waals surface area contributed by atoms with Crippen LogP contribution in [-0.2, 0) is 56.8 Å². The number of rotatable bonds is 18. The minimum atomic E-state index is -4.16. The summed E-state index contributed by atoms with van der Waals surface area (Å²) >= 11 is 0. The van der Waals surface area contributed by atoms with Crippen molar-refractivity contribution in [2.24, 2.45) is 0 Å². The van der Waals surface area contributed by atoms with Gasteiger partial charge in [-0.25, -0.2) is 21.6 Å². The van der Waals surface area contributed by atoms with E-state index in [1.165, 1.54) is 48.9 Å². The molecule has 4 aromatic rings. The number of anilines is 4. The third-order valence-corrected chi connectivity index (χ3v) is 11.8. The molecule has 364 valence electrons. The van der Waals surface area contributed by atoms with Crippen molar-refractivity contribution in [1.29, 1.82) is 0 Å². The van der Waals surface area contributed by atoms with E-state index in [9.17, 15) is 31.5 Å². The molecule has 12 N–H and O–H groups in total. The molecule has 1 aliphatic heterocycles. The number of amides is 2. The van der Waals surface area contributed by atoms with Gasteiger partial charge in [0.1, 0.15) is 11.7 Å². The Kier molecular flexibility index (Phi) is 20.6. The Balaban J connectivity index is 0.000000282. The maximum Gasteiger partial charge on any atom is 0.407 e. The number of aliphatic hydroxyl groups excluding tert-OH is 1. The minimum absolute atomic E-state index is 0.0138. The van der Waals surface area contributed by atoms with Gasteiger partial charge in [-0.2, -0.15) is 0 Å². The fourth-order valence-corrected chi connectivity index (χ4v) is 8.10. The summed E-state index contributed by atoms with van der Waals surface area (Å²) in [4.78, 5) is 35.7. The Bertz CT molecular complexity index is 2380. The first-order valence-electron chi connectivity index (χ1n) is 21.1. The molecule has 19 nitrogen and oxygen atoms in total. The number of alkyl carbamates (subject to hydrolysis) is 1. The molecular formula is C45H66N8O11S2. The van der Waals surface area contributed by atoms with Crippen LogP contribution in [0, 0.1) is 0 Å². The molecule has 5 rings (SSSR count). The monoisotopic (exact) mass is 958 g/mol. The first-order chi connectivity index (χ1) is 30.8. The molecule has 2 amide bonds. The van der Waals surface area contributed by atoms with Crippen molar-refractivity contribution in [1.82, 2.24) is 20.0 Å². The predicted molar refractivity (Wildman–Crippen MR) is 254 cm³/mol. The number of carbonyl (C=O) groups excluding carboxylic acids is 2. The van der Waals surface area contributed by atoms with Crippen molar-refractivity contribution in [2.45, 2.75) is 120 Å². The zero-order chi connectivity index (χ0) is 49.4. The average molecular weight is 959 g/mol. The zero-order valence-electron chi connectivity index (χ0n) is 38.6. The summed E-state index contributed by atoms with van der Waals surface area (Å²) in [5, 5.41) is 16.5. The number of hydroxylamine groups is 1. The first-order valence-corrected chi connectivity index (χ1v) is 24.0. The fourth-order valence-electron chi connectivity index (χ4n) is 5.77. The van der Waals surface area contributed by atoms with Gasteiger partial charge in [0.05, 0.1) is 76.1 Å². The van der Waals surface area contributed by atoms with E-state index in [0.29, 0.717) is 18.7 Å². The lowest BCUT2D eigenvalue weighted by atomic mass is 10.0. The van der Waals surface area contributed by atoms with Gasteiger partial charge in [0.25, 0.3) is 20.0 Å². The van der Waals surface area contributed by atoms with E-state index in [-0.39, 0.29) is 57.1 Å². The third kappa shape index (κ3) is 19.1. The molecule has 21 heteroatoms. The Hall–Kier alpha value is -5.52. The van der Waals surface area contributed by atoms with E-state index >= 15 is 0 Å². The number of epoxide rings is 1. The van der Waals surface area contributed by atoms with Crippen LogP contribution in [0.15, 0.2) is 107 Å². The highest BCUT2D eigenvalue weighted by atomic mass is 32.2. The van der Waals surface area contributed by atoms with Crippen LogP contribution in [0.5, 0.6) is 0 Å². The molecule has 0 saturated carbocycles. The topological polar surface area (TPSA) is 306 Å². The molecular weight excluding hydrogens is 893 g/mol. The average Bonchev–Trinajstić information content (AvgIpc) is 4.08. The quantitative estimate of drug-likeness (QED) is 0.0392. The third-order valence-electron chi connectivity index (χ3n) is 9.01. The molecule has 0 aromatic heterocycles. The number of benzene rings is 4. The highest BCUT2D eigenvalue weighted by Gasteiger charge is 2.35. The summed E-state index contributed by atoms with van der Waals surface area (Å²) in [6.45, 7) is 13.9. The van der Waals surface area contributed by atoms with E-state index in [1.807, 2.05) is 86.3 Å². The predicted octanol–water partition coefficient (Wildman–Crippen LogP) is 4.28. The minimum Gasteiger partial charge on any atom is -0.444 e. The second-order valence-electron chi connectivity index (χ2n) is 16.9. The lowest BCUT2D eigenvalue weighted by Crippen LogP contribution is -2.50. The van der Waals surface area contributed by atoms with Gasteiger partial charge in [-0.15, -0.1) is 0 Å². The number of nitrogens with two attached hydrogens (primary N) is 4. The molecule has 4 aromatic carbocycles. The standard InChI is InChI=1S/C21H30N4O5S.C15H21NO3.C9H15N3O3S/c1-14(2)30-25(31(28,29)17-9-10-18(22)19(23)12-17)13-21(27)20(24-15(3)26)11-16-7-5-4-6-8-16;1-15(2,3)19-14(17)16-12(13-10-18-13)9-11-7-5-4-6-8-11;1-6(2)15-12-16(13,14)7-3-4-8(10)9(11)5-7/h4-10,12,14,20-21,27H,11,13,22-23H2,1-3H3,(H,24,26);4-8,12-13H,9-10H2,1-3H3,(H,16,17);3-6,12H,10-11H2,1-2H3/t20-,21+;12-,13+;/m00./s1. The molecule has 1 aliphatic rings. The van der Waals surface area contributed by atoms with Crippen LogP contribution < -0.4 is 38.5 Å². The van der Waals surface area contributed by atoms with Crippen LogP contribution in [-0.4, -0.2) is 93.7 Å². The van der Waals surface area contributed by atoms with Gasteiger partial charge < -0.3 is 48.1 Å². The molecule has 1 fully saturated rings. The van der Waals surface area contributed by atoms with Crippen molar-refractivity contribution >= 4 is 54.8 Å². The number of sulfonamides is 2. The SMILES string of the molecule is CC(=O)N[C@@H](Cc1ccccc1)[C@H](O)CN(OC(C)C)S(=O)(=O)c1ccc(N)c(N)c1.CC(C)(C)OC(=O)N[C@@H](Cc1ccccc1)[C@H]1CO1.CC(C)ONS(=O)(=O)c1ccc(N)c(N)c1. The van der Waals surface area contributed by atoms with E-state index < -0.39 is 50.4 Å². The number of nitrogens with one attached hydrogen (secondary N) is 3. The van der Waals surface area contributed by atoms with E-state index in [0.717, 1.165) is 16.5 Å². The second-order valence-corrected chi connectivity index (χ2v) is 20.3. The molecule has 0 radical (unpaired) electrons. The van der Waals surface area contributed by atoms with Crippen molar-refractivity contribution < 1.29 is 50.7 Å². The number of aliphatic hydroxyl groups is 1. The van der Waals surface area contributed by atoms with Crippen molar-refractivity contribution in [2.75, 3.05) is 36.1 Å². The van der Waals surface area contributed by atoms with Gasteiger partial charge in [0.2, 0.25) is 5.91 Å². The van der Waals surface area contributed by atoms with Gasteiger partial charge in [-0.3, -0.25) is 14.5 Å². The lowest BCUT2D eigenvalue weighted by molar-refractivity contribution is -0.138. The maximum absolute atomic E-state index is 13.2. The number of carbonyl (C=O) groups is 2. The molecule has 4 atom stereocenters. The molecule has 1 heterocycles. The Morgan fingerprint density at radius 2 is 1.26 bits per heavy atom. The molecule has 1 saturated heterocycles. The number of nitrogen functional groups attached to an aromatic ring is 4. The molecule has 0 unspecified atom stereocenters. The van der Waals surface area contributed by atoms with Crippen LogP contribution in [0.4, 0.5) is 27.5 Å². The highest BCUT2D eigenvalue weighted by Crippen LogP contribution is 2.25. The van der Waals surface area contributed by atoms with E-state index in [2.05, 4.69) is 10.6 Å². The number of hydrogen-bond acceptors (Lipinski definition) is 15. The van der Waals surface area contributed by atoms with Gasteiger partial charge in [-0.05, 0) is 109 Å². The molecule has 0 aliphatic carbocycles. The van der Waals surface area contributed by atoms with Gasteiger partial charge in [0.15, 0.2) is 0 Å². The highest BCUT2D eigenvalue weighted by molar-refractivity contribution is 7.89. The fraction of sp³-hybridized carbons (Fsp3) is 0.422. The van der Waals surface area contributed by atoms with E-state index in [4.69, 9.17) is 42.1 Å². The molecule has 0 spiro atoms. The summed E-state index contributed by atoms with van der Waals surface area (Å²) in [7, 11) is -7.86. The van der Waals surface area contributed by atoms with Gasteiger partial charge >= 0.3 is 6.09 Å². The van der Waals surface area contributed by atoms with Gasteiger partial charge in [0, 0.05) is 6.92 Å². The summed E-state index contributed by atoms with van der Waals surface area (Å²) in [5.74, 6) is -0.342. The first kappa shape index (κ1) is 54.8. The van der Waals surface area contributed by atoms with Crippen LogP contribution in [0.1, 0.15) is 66.5 Å². The summed E-state index contributed by atoms with van der Waals surface area (Å²) in [5.41, 5.74) is 24.9. The Morgan fingerprint density at radius 1 is 0.758 bits per heavy atom. The maximum atomic E-state index is 13.2. The van der Waals surface area contributed by atoms with Crippen LogP contribution in [0.25, 0.3) is 0 Å². The number of ether oxygens (including phenoxy) is 2.